The van der Waals surface area contributed by atoms with Crippen molar-refractivity contribution < 1.29 is 14.3 Å². The van der Waals surface area contributed by atoms with Gasteiger partial charge in [0.05, 0.1) is 6.54 Å². The number of rotatable bonds is 5. The molecule has 0 unspecified atom stereocenters. The van der Waals surface area contributed by atoms with Gasteiger partial charge in [0, 0.05) is 31.4 Å². The Balaban J connectivity index is 1.80. The molecule has 6 nitrogen and oxygen atoms in total. The summed E-state index contributed by atoms with van der Waals surface area (Å²) >= 11 is 0. The summed E-state index contributed by atoms with van der Waals surface area (Å²) in [7, 11) is 0. The molecule has 1 heterocycles. The Hall–Kier alpha value is -2.24. The molecule has 0 aliphatic carbocycles. The lowest BCUT2D eigenvalue weighted by molar-refractivity contribution is -0.130. The van der Waals surface area contributed by atoms with E-state index in [4.69, 9.17) is 4.74 Å². The Kier molecular flexibility index (Phi) is 6.89. The summed E-state index contributed by atoms with van der Waals surface area (Å²) < 4.78 is 5.29. The van der Waals surface area contributed by atoms with Crippen LogP contribution in [0.5, 0.6) is 0 Å². The number of nitrogens with one attached hydrogen (secondary N) is 1. The average Bonchev–Trinajstić information content (AvgIpc) is 2.59. The Morgan fingerprint density at radius 1 is 1.19 bits per heavy atom. The van der Waals surface area contributed by atoms with E-state index in [2.05, 4.69) is 17.1 Å². The van der Waals surface area contributed by atoms with Crippen molar-refractivity contribution in [2.45, 2.75) is 52.2 Å². The summed E-state index contributed by atoms with van der Waals surface area (Å²) in [6.45, 7) is 10.1. The van der Waals surface area contributed by atoms with Crippen molar-refractivity contribution in [3.05, 3.63) is 30.3 Å². The van der Waals surface area contributed by atoms with Gasteiger partial charge in [0.2, 0.25) is 5.91 Å². The fourth-order valence-electron chi connectivity index (χ4n) is 3.04. The first-order chi connectivity index (χ1) is 12.3. The first-order valence-corrected chi connectivity index (χ1v) is 9.36. The number of ether oxygens (including phenoxy) is 1. The number of anilines is 1. The van der Waals surface area contributed by atoms with Crippen molar-refractivity contribution in [1.29, 1.82) is 0 Å². The van der Waals surface area contributed by atoms with Gasteiger partial charge in [-0.1, -0.05) is 18.2 Å². The van der Waals surface area contributed by atoms with E-state index in [1.165, 1.54) is 0 Å². The second kappa shape index (κ2) is 8.92. The zero-order valence-corrected chi connectivity index (χ0v) is 16.3. The van der Waals surface area contributed by atoms with Gasteiger partial charge in [0.1, 0.15) is 5.60 Å². The Bertz CT molecular complexity index is 590. The maximum Gasteiger partial charge on any atom is 0.407 e. The number of nitrogens with zero attached hydrogens (tertiary/aromatic N) is 2. The van der Waals surface area contributed by atoms with Crippen LogP contribution >= 0.6 is 0 Å². The van der Waals surface area contributed by atoms with E-state index in [9.17, 15) is 9.59 Å². The Labute approximate surface area is 156 Å². The number of hydrogen-bond donors (Lipinski definition) is 1. The number of hydrogen-bond acceptors (Lipinski definition) is 4. The smallest absolute Gasteiger partial charge is 0.407 e. The molecule has 26 heavy (non-hydrogen) atoms. The van der Waals surface area contributed by atoms with Crippen LogP contribution in [0.15, 0.2) is 30.3 Å². The fourth-order valence-corrected chi connectivity index (χ4v) is 3.04. The molecule has 2 amide bonds. The minimum Gasteiger partial charge on any atom is -0.444 e. The van der Waals surface area contributed by atoms with E-state index in [0.29, 0.717) is 19.6 Å². The summed E-state index contributed by atoms with van der Waals surface area (Å²) in [5.74, 6) is 0.131. The Morgan fingerprint density at radius 2 is 1.81 bits per heavy atom. The fraction of sp³-hybridized carbons (Fsp3) is 0.600. The molecule has 0 atom stereocenters. The molecule has 6 heteroatoms. The van der Waals surface area contributed by atoms with Crippen LogP contribution in [0.4, 0.5) is 10.5 Å². The quantitative estimate of drug-likeness (QED) is 0.876. The molecular formula is C20H31N3O3. The van der Waals surface area contributed by atoms with Crippen LogP contribution in [-0.2, 0) is 9.53 Å². The molecule has 1 aromatic rings. The highest BCUT2D eigenvalue weighted by Gasteiger charge is 2.26. The molecule has 1 N–H and O–H groups in total. The van der Waals surface area contributed by atoms with Crippen LogP contribution in [0.3, 0.4) is 0 Å². The molecule has 0 bridgehead atoms. The van der Waals surface area contributed by atoms with Crippen molar-refractivity contribution in [3.63, 3.8) is 0 Å². The molecule has 2 rings (SSSR count). The lowest BCUT2D eigenvalue weighted by atomic mass is 10.1. The van der Waals surface area contributed by atoms with E-state index in [1.54, 1.807) is 0 Å². The number of carbonyl (C=O) groups is 2. The standard InChI is InChI=1S/C20H31N3O3/c1-5-22(17-9-7-6-8-10-17)15-18(24)23-13-11-16(12-14-23)21-19(25)26-20(2,3)4/h6-10,16H,5,11-15H2,1-4H3,(H,21,25). The highest BCUT2D eigenvalue weighted by Crippen LogP contribution is 2.16. The molecule has 1 aliphatic heterocycles. The van der Waals surface area contributed by atoms with Gasteiger partial charge in [0.15, 0.2) is 0 Å². The van der Waals surface area contributed by atoms with Gasteiger partial charge in [-0.2, -0.15) is 0 Å². The van der Waals surface area contributed by atoms with Crippen LogP contribution in [0.25, 0.3) is 0 Å². The number of carbonyl (C=O) groups excluding carboxylic acids is 2. The summed E-state index contributed by atoms with van der Waals surface area (Å²) in [5, 5.41) is 2.90. The summed E-state index contributed by atoms with van der Waals surface area (Å²) in [6.07, 6.45) is 1.12. The van der Waals surface area contributed by atoms with Crippen LogP contribution in [0.1, 0.15) is 40.5 Å². The SMILES string of the molecule is CCN(CC(=O)N1CCC(NC(=O)OC(C)(C)C)CC1)c1ccccc1. The number of likely N-dealkylation sites (N-methyl/N-ethyl adjacent to an activating group) is 1. The molecule has 0 radical (unpaired) electrons. The lowest BCUT2D eigenvalue weighted by Gasteiger charge is -2.34. The number of likely N-dealkylation sites (tertiary alicyclic amines) is 1. The van der Waals surface area contributed by atoms with Crippen molar-refractivity contribution in [1.82, 2.24) is 10.2 Å². The first-order valence-electron chi connectivity index (χ1n) is 9.36. The van der Waals surface area contributed by atoms with Crippen LogP contribution in [-0.4, -0.2) is 54.7 Å². The summed E-state index contributed by atoms with van der Waals surface area (Å²) in [6, 6.07) is 10.0. The predicted octanol–water partition coefficient (Wildman–Crippen LogP) is 3.03. The van der Waals surface area contributed by atoms with Crippen molar-refractivity contribution in [2.75, 3.05) is 31.1 Å². The number of piperidine rings is 1. The summed E-state index contributed by atoms with van der Waals surface area (Å²) in [4.78, 5) is 28.5. The molecule has 0 spiro atoms. The van der Waals surface area contributed by atoms with Gasteiger partial charge in [0.25, 0.3) is 0 Å². The second-order valence-electron chi connectivity index (χ2n) is 7.65. The maximum absolute atomic E-state index is 12.6. The van der Waals surface area contributed by atoms with Gasteiger partial charge >= 0.3 is 6.09 Å². The third-order valence-electron chi connectivity index (χ3n) is 4.40. The molecule has 1 aromatic carbocycles. The normalized spacial score (nSPS) is 15.5. The third kappa shape index (κ3) is 6.24. The zero-order valence-electron chi connectivity index (χ0n) is 16.3. The minimum atomic E-state index is -0.498. The van der Waals surface area contributed by atoms with E-state index in [-0.39, 0.29) is 18.0 Å². The molecule has 1 saturated heterocycles. The van der Waals surface area contributed by atoms with Crippen molar-refractivity contribution in [2.24, 2.45) is 0 Å². The maximum atomic E-state index is 12.6. The molecule has 0 aromatic heterocycles. The minimum absolute atomic E-state index is 0.0605. The van der Waals surface area contributed by atoms with E-state index < -0.39 is 5.60 Å². The predicted molar refractivity (Wildman–Crippen MR) is 103 cm³/mol. The largest absolute Gasteiger partial charge is 0.444 e. The van der Waals surface area contributed by atoms with Crippen molar-refractivity contribution >= 4 is 17.7 Å². The second-order valence-corrected chi connectivity index (χ2v) is 7.65. The molecular weight excluding hydrogens is 330 g/mol. The number of amides is 2. The van der Waals surface area contributed by atoms with E-state index in [1.807, 2.05) is 56.0 Å². The molecule has 144 valence electrons. The Morgan fingerprint density at radius 3 is 2.35 bits per heavy atom. The average molecular weight is 361 g/mol. The number of alkyl carbamates (subject to hydrolysis) is 1. The van der Waals surface area contributed by atoms with Gasteiger partial charge in [-0.3, -0.25) is 4.79 Å². The molecule has 1 aliphatic rings. The highest BCUT2D eigenvalue weighted by atomic mass is 16.6. The third-order valence-corrected chi connectivity index (χ3v) is 4.40. The van der Waals surface area contributed by atoms with Crippen LogP contribution < -0.4 is 10.2 Å². The highest BCUT2D eigenvalue weighted by molar-refractivity contribution is 5.81. The van der Waals surface area contributed by atoms with Gasteiger partial charge < -0.3 is 19.9 Å². The molecule has 0 saturated carbocycles. The monoisotopic (exact) mass is 361 g/mol. The number of benzene rings is 1. The van der Waals surface area contributed by atoms with Gasteiger partial charge in [-0.25, -0.2) is 4.79 Å². The summed E-state index contributed by atoms with van der Waals surface area (Å²) in [5.41, 5.74) is 0.562. The van der Waals surface area contributed by atoms with Crippen LogP contribution in [0, 0.1) is 0 Å². The molecule has 1 fully saturated rings. The van der Waals surface area contributed by atoms with E-state index >= 15 is 0 Å². The lowest BCUT2D eigenvalue weighted by Crippen LogP contribution is -2.49. The number of para-hydroxylation sites is 1. The zero-order chi connectivity index (χ0) is 19.2. The van der Waals surface area contributed by atoms with Crippen molar-refractivity contribution in [3.8, 4) is 0 Å². The van der Waals surface area contributed by atoms with Gasteiger partial charge in [-0.05, 0) is 52.7 Å². The first kappa shape index (κ1) is 20.1. The van der Waals surface area contributed by atoms with Crippen LogP contribution in [0.2, 0.25) is 0 Å². The topological polar surface area (TPSA) is 61.9 Å². The van der Waals surface area contributed by atoms with E-state index in [0.717, 1.165) is 25.1 Å². The van der Waals surface area contributed by atoms with Gasteiger partial charge in [-0.15, -0.1) is 0 Å².